The van der Waals surface area contributed by atoms with Crippen LogP contribution in [0, 0.1) is 0 Å². The Morgan fingerprint density at radius 3 is 3.00 bits per heavy atom. The Bertz CT molecular complexity index is 313. The Kier molecular flexibility index (Phi) is 4.11. The Balaban J connectivity index is 2.77. The molecule has 14 heavy (non-hydrogen) atoms. The molecule has 1 aliphatic heterocycles. The molecule has 76 valence electrons. The van der Waals surface area contributed by atoms with Crippen LogP contribution < -0.4 is 0 Å². The maximum absolute atomic E-state index is 13.3. The van der Waals surface area contributed by atoms with Gasteiger partial charge in [-0.25, -0.2) is 9.38 Å². The Labute approximate surface area is 83.2 Å². The van der Waals surface area contributed by atoms with Gasteiger partial charge in [0.05, 0.1) is 6.21 Å². The van der Waals surface area contributed by atoms with Crippen LogP contribution in [-0.4, -0.2) is 11.3 Å². The zero-order valence-electron chi connectivity index (χ0n) is 8.20. The van der Waals surface area contributed by atoms with Crippen LogP contribution in [-0.2, 0) is 0 Å². The molecule has 0 amide bonds. The number of allylic oxidation sites excluding steroid dienone is 5. The number of aliphatic hydroxyl groups is 1. The first-order chi connectivity index (χ1) is 6.74. The largest absolute Gasteiger partial charge is 0.493 e. The minimum atomic E-state index is -0.366. The highest BCUT2D eigenvalue weighted by atomic mass is 19.1. The second-order valence-electron chi connectivity index (χ2n) is 3.12. The molecule has 1 heterocycles. The summed E-state index contributed by atoms with van der Waals surface area (Å²) in [4.78, 5) is 3.53. The van der Waals surface area contributed by atoms with Crippen molar-refractivity contribution in [2.75, 3.05) is 0 Å². The minimum absolute atomic E-state index is 0.175. The molecule has 0 atom stereocenters. The molecule has 0 radical (unpaired) electrons. The average Bonchev–Trinajstić information content (AvgIpc) is 2.17. The van der Waals surface area contributed by atoms with Gasteiger partial charge < -0.3 is 5.11 Å². The molecule has 0 spiro atoms. The Morgan fingerprint density at radius 2 is 2.29 bits per heavy atom. The van der Waals surface area contributed by atoms with Crippen LogP contribution in [0.5, 0.6) is 0 Å². The summed E-state index contributed by atoms with van der Waals surface area (Å²) in [7, 11) is 0. The fourth-order valence-electron chi connectivity index (χ4n) is 1.15. The van der Waals surface area contributed by atoms with Crippen molar-refractivity contribution < 1.29 is 9.50 Å². The fourth-order valence-corrected chi connectivity index (χ4v) is 1.15. The van der Waals surface area contributed by atoms with Crippen molar-refractivity contribution in [3.05, 3.63) is 35.5 Å². The number of nitrogens with zero attached hydrogens (tertiary/aromatic N) is 1. The Morgan fingerprint density at radius 1 is 1.50 bits per heavy atom. The second-order valence-corrected chi connectivity index (χ2v) is 3.12. The highest BCUT2D eigenvalue weighted by Crippen LogP contribution is 2.16. The number of unbranched alkanes of at least 4 members (excludes halogenated alkanes) is 1. The van der Waals surface area contributed by atoms with E-state index < -0.39 is 0 Å². The molecule has 3 heteroatoms. The summed E-state index contributed by atoms with van der Waals surface area (Å²) in [5, 5.41) is 9.02. The highest BCUT2D eigenvalue weighted by Gasteiger charge is 2.02. The number of aliphatic imine (C=N–C) groups is 1. The van der Waals surface area contributed by atoms with Crippen molar-refractivity contribution in [1.82, 2.24) is 0 Å². The number of aliphatic hydroxyl groups excluding tert-OH is 1. The van der Waals surface area contributed by atoms with Crippen molar-refractivity contribution in [1.29, 1.82) is 0 Å². The van der Waals surface area contributed by atoms with Gasteiger partial charge in [-0.2, -0.15) is 0 Å². The maximum atomic E-state index is 13.3. The lowest BCUT2D eigenvalue weighted by molar-refractivity contribution is 0.407. The van der Waals surface area contributed by atoms with E-state index in [2.05, 4.69) is 11.9 Å². The van der Waals surface area contributed by atoms with Gasteiger partial charge in [-0.15, -0.1) is 0 Å². The van der Waals surface area contributed by atoms with Gasteiger partial charge in [-0.3, -0.25) is 0 Å². The molecule has 0 saturated heterocycles. The average molecular weight is 195 g/mol. The van der Waals surface area contributed by atoms with E-state index in [1.54, 1.807) is 12.2 Å². The summed E-state index contributed by atoms with van der Waals surface area (Å²) in [5.41, 5.74) is 0.638. The maximum Gasteiger partial charge on any atom is 0.210 e. The zero-order chi connectivity index (χ0) is 10.4. The lowest BCUT2D eigenvalue weighted by Gasteiger charge is -2.02. The molecular weight excluding hydrogens is 181 g/mol. The molecule has 0 fully saturated rings. The van der Waals surface area contributed by atoms with Crippen LogP contribution in [0.1, 0.15) is 26.2 Å². The van der Waals surface area contributed by atoms with Gasteiger partial charge in [0.2, 0.25) is 5.88 Å². The van der Waals surface area contributed by atoms with E-state index in [0.717, 1.165) is 19.1 Å². The third kappa shape index (κ3) is 3.17. The topological polar surface area (TPSA) is 32.6 Å². The second kappa shape index (κ2) is 5.37. The molecule has 1 N–H and O–H groups in total. The predicted molar refractivity (Wildman–Crippen MR) is 56.0 cm³/mol. The number of rotatable bonds is 3. The summed E-state index contributed by atoms with van der Waals surface area (Å²) < 4.78 is 13.3. The smallest absolute Gasteiger partial charge is 0.210 e. The van der Waals surface area contributed by atoms with E-state index in [1.807, 2.05) is 0 Å². The van der Waals surface area contributed by atoms with Crippen LogP contribution in [0.15, 0.2) is 40.5 Å². The van der Waals surface area contributed by atoms with E-state index >= 15 is 0 Å². The third-order valence-electron chi connectivity index (χ3n) is 1.96. The molecule has 1 rings (SSSR count). The van der Waals surface area contributed by atoms with Crippen LogP contribution >= 0.6 is 0 Å². The molecule has 0 aromatic rings. The van der Waals surface area contributed by atoms with E-state index in [0.29, 0.717) is 12.0 Å². The number of halogens is 1. The molecule has 0 aromatic carbocycles. The lowest BCUT2D eigenvalue weighted by Crippen LogP contribution is -1.90. The molecule has 0 unspecified atom stereocenters. The van der Waals surface area contributed by atoms with E-state index in [1.165, 1.54) is 6.08 Å². The minimum Gasteiger partial charge on any atom is -0.493 e. The fraction of sp³-hybridized carbons (Fsp3) is 0.364. The van der Waals surface area contributed by atoms with Crippen molar-refractivity contribution in [2.24, 2.45) is 4.99 Å². The summed E-state index contributed by atoms with van der Waals surface area (Å²) in [6.07, 6.45) is 8.47. The van der Waals surface area contributed by atoms with E-state index in [-0.39, 0.29) is 11.7 Å². The first kappa shape index (κ1) is 10.7. The molecule has 0 saturated carbocycles. The van der Waals surface area contributed by atoms with Crippen LogP contribution in [0.2, 0.25) is 0 Å². The standard InChI is InChI=1S/C11H14FNO/c1-2-3-5-9-6-4-7-11(14)13-8-10(9)12/h4,6-8H,2-3,5H2,1H3,(H,13,14). The number of hydrogen-bond acceptors (Lipinski definition) is 2. The Hall–Kier alpha value is -1.38. The number of hydrogen-bond donors (Lipinski definition) is 1. The first-order valence-corrected chi connectivity index (χ1v) is 4.74. The normalized spacial score (nSPS) is 30.0. The van der Waals surface area contributed by atoms with Crippen LogP contribution in [0.3, 0.4) is 0 Å². The summed E-state index contributed by atoms with van der Waals surface area (Å²) >= 11 is 0. The van der Waals surface area contributed by atoms with E-state index in [4.69, 9.17) is 5.11 Å². The van der Waals surface area contributed by atoms with Gasteiger partial charge in [0.25, 0.3) is 0 Å². The van der Waals surface area contributed by atoms with Gasteiger partial charge in [0.15, 0.2) is 0 Å². The molecular formula is C11H14FNO. The molecule has 2 nitrogen and oxygen atoms in total. The van der Waals surface area contributed by atoms with Gasteiger partial charge in [0, 0.05) is 6.08 Å². The third-order valence-corrected chi connectivity index (χ3v) is 1.96. The summed E-state index contributed by atoms with van der Waals surface area (Å²) in [6.45, 7) is 2.06. The van der Waals surface area contributed by atoms with Crippen molar-refractivity contribution in [2.45, 2.75) is 26.2 Å². The van der Waals surface area contributed by atoms with E-state index in [9.17, 15) is 4.39 Å². The van der Waals surface area contributed by atoms with Gasteiger partial charge >= 0.3 is 0 Å². The molecule has 0 aromatic heterocycles. The SMILES string of the molecule is CCCCC1=C(F)/C=N\C(O)=C\C=C\1. The molecule has 1 aliphatic rings. The first-order valence-electron chi connectivity index (χ1n) is 4.74. The van der Waals surface area contributed by atoms with Crippen molar-refractivity contribution >= 4 is 6.21 Å². The summed E-state index contributed by atoms with van der Waals surface area (Å²) in [5.74, 6) is -0.541. The van der Waals surface area contributed by atoms with Crippen molar-refractivity contribution in [3.8, 4) is 0 Å². The van der Waals surface area contributed by atoms with Gasteiger partial charge in [-0.05, 0) is 18.4 Å². The predicted octanol–water partition coefficient (Wildman–Crippen LogP) is 3.44. The van der Waals surface area contributed by atoms with Crippen molar-refractivity contribution in [3.63, 3.8) is 0 Å². The zero-order valence-corrected chi connectivity index (χ0v) is 8.20. The highest BCUT2D eigenvalue weighted by molar-refractivity contribution is 5.78. The summed E-state index contributed by atoms with van der Waals surface area (Å²) in [6, 6.07) is 0. The lowest BCUT2D eigenvalue weighted by atomic mass is 10.1. The molecule has 0 aliphatic carbocycles. The van der Waals surface area contributed by atoms with Crippen LogP contribution in [0.4, 0.5) is 4.39 Å². The van der Waals surface area contributed by atoms with Gasteiger partial charge in [-0.1, -0.05) is 25.5 Å². The van der Waals surface area contributed by atoms with Crippen LogP contribution in [0.25, 0.3) is 0 Å². The monoisotopic (exact) mass is 195 g/mol. The molecule has 0 bridgehead atoms. The van der Waals surface area contributed by atoms with Gasteiger partial charge in [0.1, 0.15) is 5.83 Å². The quantitative estimate of drug-likeness (QED) is 0.735.